The second-order valence-electron chi connectivity index (χ2n) is 5.59. The summed E-state index contributed by atoms with van der Waals surface area (Å²) in [4.78, 5) is 14.0. The second-order valence-corrected chi connectivity index (χ2v) is 5.59. The predicted octanol–water partition coefficient (Wildman–Crippen LogP) is 1.90. The molecule has 0 saturated heterocycles. The molecule has 2 heterocycles. The van der Waals surface area contributed by atoms with Gasteiger partial charge >= 0.3 is 0 Å². The van der Waals surface area contributed by atoms with Crippen LogP contribution in [0.3, 0.4) is 0 Å². The highest BCUT2D eigenvalue weighted by Gasteiger charge is 2.28. The highest BCUT2D eigenvalue weighted by molar-refractivity contribution is 5.93. The number of aliphatic hydroxyl groups is 1. The molecule has 0 bridgehead atoms. The zero-order chi connectivity index (χ0) is 14.8. The third-order valence-corrected chi connectivity index (χ3v) is 4.06. The summed E-state index contributed by atoms with van der Waals surface area (Å²) in [6.45, 7) is 0.558. The van der Waals surface area contributed by atoms with Gasteiger partial charge in [0.1, 0.15) is 5.69 Å². The lowest BCUT2D eigenvalue weighted by Gasteiger charge is -2.22. The first-order chi connectivity index (χ1) is 10.1. The lowest BCUT2D eigenvalue weighted by atomic mass is 10.1. The van der Waals surface area contributed by atoms with E-state index in [2.05, 4.69) is 10.2 Å². The lowest BCUT2D eigenvalue weighted by Crippen LogP contribution is -2.34. The molecule has 112 valence electrons. The van der Waals surface area contributed by atoms with Crippen molar-refractivity contribution in [2.45, 2.75) is 25.4 Å². The van der Waals surface area contributed by atoms with Crippen molar-refractivity contribution in [1.29, 1.82) is 0 Å². The number of aromatic nitrogens is 2. The van der Waals surface area contributed by atoms with Gasteiger partial charge in [0.15, 0.2) is 11.5 Å². The van der Waals surface area contributed by atoms with E-state index in [4.69, 9.17) is 4.42 Å². The monoisotopic (exact) mass is 289 g/mol. The van der Waals surface area contributed by atoms with Crippen LogP contribution in [0.4, 0.5) is 0 Å². The Bertz CT molecular complexity index is 605. The smallest absolute Gasteiger partial charge is 0.274 e. The molecule has 1 saturated carbocycles. The SMILES string of the molecule is CN(CC1CCCC1O)C(=O)c1cc(-c2ccco2)[nH]n1. The molecule has 6 heteroatoms. The van der Waals surface area contributed by atoms with Crippen molar-refractivity contribution in [3.05, 3.63) is 30.2 Å². The Balaban J connectivity index is 1.67. The van der Waals surface area contributed by atoms with Crippen LogP contribution in [-0.2, 0) is 0 Å². The van der Waals surface area contributed by atoms with Crippen LogP contribution in [0, 0.1) is 5.92 Å². The molecule has 1 amide bonds. The third-order valence-electron chi connectivity index (χ3n) is 4.06. The molecule has 2 atom stereocenters. The molecule has 1 aliphatic carbocycles. The van der Waals surface area contributed by atoms with Crippen molar-refractivity contribution < 1.29 is 14.3 Å². The molecular formula is C15H19N3O3. The minimum absolute atomic E-state index is 0.150. The van der Waals surface area contributed by atoms with E-state index in [1.54, 1.807) is 36.4 Å². The van der Waals surface area contributed by atoms with Crippen LogP contribution in [0.15, 0.2) is 28.9 Å². The first-order valence-electron chi connectivity index (χ1n) is 7.18. The number of hydrogen-bond acceptors (Lipinski definition) is 4. The maximum absolute atomic E-state index is 12.4. The van der Waals surface area contributed by atoms with E-state index in [9.17, 15) is 9.90 Å². The Kier molecular flexibility index (Phi) is 3.79. The molecule has 3 rings (SSSR count). The number of furan rings is 1. The standard InChI is InChI=1S/C15H19N3O3/c1-18(9-10-4-2-5-13(10)19)15(20)12-8-11(16-17-12)14-6-3-7-21-14/h3,6-8,10,13,19H,2,4-5,9H2,1H3,(H,16,17). The molecule has 2 N–H and O–H groups in total. The molecule has 0 aromatic carbocycles. The maximum Gasteiger partial charge on any atom is 0.274 e. The number of amides is 1. The molecule has 0 spiro atoms. The average Bonchev–Trinajstić information content (AvgIpc) is 3.18. The first-order valence-corrected chi connectivity index (χ1v) is 7.18. The summed E-state index contributed by atoms with van der Waals surface area (Å²) in [5.41, 5.74) is 1.04. The Hall–Kier alpha value is -2.08. The molecule has 0 aliphatic heterocycles. The average molecular weight is 289 g/mol. The van der Waals surface area contributed by atoms with Gasteiger partial charge in [0.2, 0.25) is 0 Å². The molecular weight excluding hydrogens is 270 g/mol. The van der Waals surface area contributed by atoms with E-state index >= 15 is 0 Å². The van der Waals surface area contributed by atoms with E-state index in [0.717, 1.165) is 19.3 Å². The van der Waals surface area contributed by atoms with Gasteiger partial charge in [0, 0.05) is 25.6 Å². The number of nitrogens with zero attached hydrogens (tertiary/aromatic N) is 2. The van der Waals surface area contributed by atoms with Gasteiger partial charge in [0.25, 0.3) is 5.91 Å². The van der Waals surface area contributed by atoms with Gasteiger partial charge in [-0.15, -0.1) is 0 Å². The van der Waals surface area contributed by atoms with Gasteiger partial charge in [-0.1, -0.05) is 6.42 Å². The van der Waals surface area contributed by atoms with Crippen LogP contribution in [0.1, 0.15) is 29.8 Å². The number of carbonyl (C=O) groups excluding carboxylic acids is 1. The highest BCUT2D eigenvalue weighted by atomic mass is 16.3. The number of carbonyl (C=O) groups is 1. The van der Waals surface area contributed by atoms with Crippen molar-refractivity contribution in [2.24, 2.45) is 5.92 Å². The highest BCUT2D eigenvalue weighted by Crippen LogP contribution is 2.26. The van der Waals surface area contributed by atoms with Crippen LogP contribution in [0.25, 0.3) is 11.5 Å². The van der Waals surface area contributed by atoms with E-state index in [0.29, 0.717) is 23.7 Å². The fourth-order valence-corrected chi connectivity index (χ4v) is 2.85. The van der Waals surface area contributed by atoms with Gasteiger partial charge < -0.3 is 14.4 Å². The molecule has 1 aliphatic rings. The normalized spacial score (nSPS) is 21.6. The topological polar surface area (TPSA) is 82.4 Å². The molecule has 6 nitrogen and oxygen atoms in total. The number of aliphatic hydroxyl groups excluding tert-OH is 1. The molecule has 1 fully saturated rings. The first kappa shape index (κ1) is 13.9. The maximum atomic E-state index is 12.4. The number of nitrogens with one attached hydrogen (secondary N) is 1. The molecule has 2 aromatic rings. The number of rotatable bonds is 4. The van der Waals surface area contributed by atoms with Crippen LogP contribution in [-0.4, -0.2) is 45.8 Å². The quantitative estimate of drug-likeness (QED) is 0.900. The van der Waals surface area contributed by atoms with Crippen molar-refractivity contribution >= 4 is 5.91 Å². The third kappa shape index (κ3) is 2.85. The fraction of sp³-hybridized carbons (Fsp3) is 0.467. The zero-order valence-corrected chi connectivity index (χ0v) is 12.0. The molecule has 0 radical (unpaired) electrons. The van der Waals surface area contributed by atoms with Gasteiger partial charge in [-0.25, -0.2) is 0 Å². The molecule has 21 heavy (non-hydrogen) atoms. The van der Waals surface area contributed by atoms with Gasteiger partial charge in [-0.3, -0.25) is 9.89 Å². The van der Waals surface area contributed by atoms with Gasteiger partial charge in [-0.2, -0.15) is 5.10 Å². The zero-order valence-electron chi connectivity index (χ0n) is 12.0. The van der Waals surface area contributed by atoms with Crippen LogP contribution < -0.4 is 0 Å². The summed E-state index contributed by atoms with van der Waals surface area (Å²) in [6, 6.07) is 5.27. The Morgan fingerprint density at radius 2 is 2.43 bits per heavy atom. The summed E-state index contributed by atoms with van der Waals surface area (Å²) in [6.07, 6.45) is 4.11. The molecule has 2 unspecified atom stereocenters. The van der Waals surface area contributed by atoms with Crippen molar-refractivity contribution in [1.82, 2.24) is 15.1 Å². The summed E-state index contributed by atoms with van der Waals surface area (Å²) in [5.74, 6) is 0.668. The largest absolute Gasteiger partial charge is 0.463 e. The van der Waals surface area contributed by atoms with Crippen LogP contribution >= 0.6 is 0 Å². The lowest BCUT2D eigenvalue weighted by molar-refractivity contribution is 0.0688. The Morgan fingerprint density at radius 1 is 1.57 bits per heavy atom. The van der Waals surface area contributed by atoms with Crippen molar-refractivity contribution in [2.75, 3.05) is 13.6 Å². The van der Waals surface area contributed by atoms with Gasteiger partial charge in [0.05, 0.1) is 12.4 Å². The number of aromatic amines is 1. The van der Waals surface area contributed by atoms with E-state index in [-0.39, 0.29) is 17.9 Å². The summed E-state index contributed by atoms with van der Waals surface area (Å²) in [5, 5.41) is 16.7. The fourth-order valence-electron chi connectivity index (χ4n) is 2.85. The summed E-state index contributed by atoms with van der Waals surface area (Å²) >= 11 is 0. The summed E-state index contributed by atoms with van der Waals surface area (Å²) < 4.78 is 5.27. The Morgan fingerprint density at radius 3 is 3.10 bits per heavy atom. The van der Waals surface area contributed by atoms with Crippen molar-refractivity contribution in [3.63, 3.8) is 0 Å². The van der Waals surface area contributed by atoms with E-state index in [1.807, 2.05) is 0 Å². The van der Waals surface area contributed by atoms with Gasteiger partial charge in [-0.05, 0) is 25.0 Å². The minimum Gasteiger partial charge on any atom is -0.463 e. The van der Waals surface area contributed by atoms with Crippen LogP contribution in [0.5, 0.6) is 0 Å². The van der Waals surface area contributed by atoms with Crippen molar-refractivity contribution in [3.8, 4) is 11.5 Å². The second kappa shape index (κ2) is 5.73. The minimum atomic E-state index is -0.293. The van der Waals surface area contributed by atoms with E-state index < -0.39 is 0 Å². The Labute approximate surface area is 122 Å². The predicted molar refractivity (Wildman–Crippen MR) is 76.6 cm³/mol. The summed E-state index contributed by atoms with van der Waals surface area (Å²) in [7, 11) is 1.74. The van der Waals surface area contributed by atoms with Crippen LogP contribution in [0.2, 0.25) is 0 Å². The molecule has 2 aromatic heterocycles. The van der Waals surface area contributed by atoms with E-state index in [1.165, 1.54) is 0 Å². The number of H-pyrrole nitrogens is 1. The number of hydrogen-bond donors (Lipinski definition) is 2.